The number of nitrogens with zero attached hydrogens (tertiary/aromatic N) is 5. The molecule has 1 atom stereocenters. The second kappa shape index (κ2) is 5.76. The molecule has 0 amide bonds. The number of nitriles is 1. The quantitative estimate of drug-likeness (QED) is 0.800. The number of aliphatic hydroxyl groups excluding tert-OH is 1. The van der Waals surface area contributed by atoms with E-state index in [9.17, 15) is 5.11 Å². The number of hydrogen-bond donors (Lipinski definition) is 1. The highest BCUT2D eigenvalue weighted by molar-refractivity contribution is 5.39. The summed E-state index contributed by atoms with van der Waals surface area (Å²) in [7, 11) is 0. The van der Waals surface area contributed by atoms with Crippen LogP contribution in [-0.4, -0.2) is 59.0 Å². The Balaban J connectivity index is 1.91. The lowest BCUT2D eigenvalue weighted by Gasteiger charge is -2.35. The summed E-state index contributed by atoms with van der Waals surface area (Å²) in [6.07, 6.45) is -0.286. The van der Waals surface area contributed by atoms with E-state index in [-0.39, 0.29) is 6.10 Å². The van der Waals surface area contributed by atoms with E-state index in [2.05, 4.69) is 20.0 Å². The van der Waals surface area contributed by atoms with Crippen LogP contribution in [0.4, 0.5) is 5.82 Å². The molecule has 1 aliphatic heterocycles. The predicted molar refractivity (Wildman–Crippen MR) is 67.1 cm³/mol. The van der Waals surface area contributed by atoms with Crippen molar-refractivity contribution in [2.24, 2.45) is 0 Å². The van der Waals surface area contributed by atoms with Crippen LogP contribution >= 0.6 is 0 Å². The molecule has 6 heteroatoms. The maximum atomic E-state index is 9.34. The Kier molecular flexibility index (Phi) is 4.07. The minimum absolute atomic E-state index is 0.286. The van der Waals surface area contributed by atoms with Crippen LogP contribution in [0.2, 0.25) is 0 Å². The average Bonchev–Trinajstić information content (AvgIpc) is 2.39. The van der Waals surface area contributed by atoms with Gasteiger partial charge in [0.15, 0.2) is 11.5 Å². The van der Waals surface area contributed by atoms with Crippen LogP contribution in [-0.2, 0) is 0 Å². The first-order chi connectivity index (χ1) is 8.69. The predicted octanol–water partition coefficient (Wildman–Crippen LogP) is -0.149. The highest BCUT2D eigenvalue weighted by atomic mass is 16.3. The van der Waals surface area contributed by atoms with E-state index in [1.807, 2.05) is 12.1 Å². The lowest BCUT2D eigenvalue weighted by Crippen LogP contribution is -2.48. The minimum Gasteiger partial charge on any atom is -0.392 e. The number of aromatic nitrogens is 2. The third kappa shape index (κ3) is 3.15. The molecule has 1 aromatic heterocycles. The van der Waals surface area contributed by atoms with Gasteiger partial charge >= 0.3 is 0 Å². The molecule has 18 heavy (non-hydrogen) atoms. The summed E-state index contributed by atoms with van der Waals surface area (Å²) >= 11 is 0. The van der Waals surface area contributed by atoms with Gasteiger partial charge in [-0.25, -0.2) is 0 Å². The highest BCUT2D eigenvalue weighted by Crippen LogP contribution is 2.12. The van der Waals surface area contributed by atoms with Gasteiger partial charge in [-0.2, -0.15) is 5.26 Å². The lowest BCUT2D eigenvalue weighted by atomic mass is 10.2. The maximum Gasteiger partial charge on any atom is 0.163 e. The SMILES string of the molecule is C[C@@H](O)CN1CCN(c2ccc(C#N)nn2)CC1. The van der Waals surface area contributed by atoms with Gasteiger partial charge in [0.1, 0.15) is 6.07 Å². The molecule has 0 aliphatic carbocycles. The molecular formula is C12H17N5O. The average molecular weight is 247 g/mol. The van der Waals surface area contributed by atoms with E-state index in [1.165, 1.54) is 0 Å². The highest BCUT2D eigenvalue weighted by Gasteiger charge is 2.19. The fourth-order valence-electron chi connectivity index (χ4n) is 2.09. The first kappa shape index (κ1) is 12.7. The first-order valence-electron chi connectivity index (χ1n) is 6.08. The van der Waals surface area contributed by atoms with Crippen molar-refractivity contribution in [2.75, 3.05) is 37.6 Å². The molecule has 96 valence electrons. The Morgan fingerprint density at radius 1 is 1.33 bits per heavy atom. The first-order valence-corrected chi connectivity index (χ1v) is 6.08. The molecule has 0 bridgehead atoms. The smallest absolute Gasteiger partial charge is 0.163 e. The summed E-state index contributed by atoms with van der Waals surface area (Å²) in [6, 6.07) is 5.47. The molecule has 1 fully saturated rings. The molecule has 1 saturated heterocycles. The fourth-order valence-corrected chi connectivity index (χ4v) is 2.09. The van der Waals surface area contributed by atoms with Gasteiger partial charge < -0.3 is 10.0 Å². The number of hydrogen-bond acceptors (Lipinski definition) is 6. The molecule has 1 aliphatic rings. The molecule has 0 radical (unpaired) electrons. The van der Waals surface area contributed by atoms with Crippen LogP contribution in [0, 0.1) is 11.3 Å². The standard InChI is InChI=1S/C12H17N5O/c1-10(18)9-16-4-6-17(7-5-16)12-3-2-11(8-13)14-15-12/h2-3,10,18H,4-7,9H2,1H3/t10-/m1/s1. The molecule has 6 nitrogen and oxygen atoms in total. The maximum absolute atomic E-state index is 9.34. The minimum atomic E-state index is -0.286. The van der Waals surface area contributed by atoms with E-state index in [1.54, 1.807) is 13.0 Å². The zero-order valence-corrected chi connectivity index (χ0v) is 10.5. The summed E-state index contributed by atoms with van der Waals surface area (Å²) in [6.45, 7) is 6.07. The Labute approximate surface area is 106 Å². The number of piperazine rings is 1. The van der Waals surface area contributed by atoms with Gasteiger partial charge in [0.05, 0.1) is 6.10 Å². The number of aliphatic hydroxyl groups is 1. The van der Waals surface area contributed by atoms with Crippen LogP contribution in [0.5, 0.6) is 0 Å². The summed E-state index contributed by atoms with van der Waals surface area (Å²) < 4.78 is 0. The third-order valence-corrected chi connectivity index (χ3v) is 2.98. The van der Waals surface area contributed by atoms with Crippen LogP contribution in [0.25, 0.3) is 0 Å². The molecule has 0 unspecified atom stereocenters. The summed E-state index contributed by atoms with van der Waals surface area (Å²) in [5, 5.41) is 25.9. The van der Waals surface area contributed by atoms with E-state index in [4.69, 9.17) is 5.26 Å². The Morgan fingerprint density at radius 2 is 2.06 bits per heavy atom. The molecule has 2 rings (SSSR count). The van der Waals surface area contributed by atoms with Gasteiger partial charge in [-0.15, -0.1) is 10.2 Å². The van der Waals surface area contributed by atoms with Crippen molar-refractivity contribution in [3.8, 4) is 6.07 Å². The summed E-state index contributed by atoms with van der Waals surface area (Å²) in [4.78, 5) is 4.38. The van der Waals surface area contributed by atoms with E-state index in [0.29, 0.717) is 12.2 Å². The topological polar surface area (TPSA) is 76.3 Å². The van der Waals surface area contributed by atoms with Crippen LogP contribution in [0.1, 0.15) is 12.6 Å². The zero-order chi connectivity index (χ0) is 13.0. The van der Waals surface area contributed by atoms with Gasteiger partial charge in [0.25, 0.3) is 0 Å². The van der Waals surface area contributed by atoms with Crippen molar-refractivity contribution in [3.63, 3.8) is 0 Å². The molecule has 0 spiro atoms. The third-order valence-electron chi connectivity index (χ3n) is 2.98. The monoisotopic (exact) mass is 247 g/mol. The molecular weight excluding hydrogens is 230 g/mol. The summed E-state index contributed by atoms with van der Waals surface area (Å²) in [5.74, 6) is 0.811. The second-order valence-corrected chi connectivity index (χ2v) is 4.53. The van der Waals surface area contributed by atoms with Crippen LogP contribution < -0.4 is 4.90 Å². The van der Waals surface area contributed by atoms with Gasteiger partial charge in [-0.3, -0.25) is 4.90 Å². The number of anilines is 1. The van der Waals surface area contributed by atoms with E-state index >= 15 is 0 Å². The van der Waals surface area contributed by atoms with Crippen molar-refractivity contribution in [2.45, 2.75) is 13.0 Å². The van der Waals surface area contributed by atoms with Crippen molar-refractivity contribution in [1.29, 1.82) is 5.26 Å². The van der Waals surface area contributed by atoms with Crippen LogP contribution in [0.3, 0.4) is 0 Å². The van der Waals surface area contributed by atoms with Crippen molar-refractivity contribution in [1.82, 2.24) is 15.1 Å². The Bertz CT molecular complexity index is 417. The molecule has 2 heterocycles. The van der Waals surface area contributed by atoms with Crippen molar-refractivity contribution < 1.29 is 5.11 Å². The van der Waals surface area contributed by atoms with E-state index in [0.717, 1.165) is 32.0 Å². The lowest BCUT2D eigenvalue weighted by molar-refractivity contribution is 0.122. The largest absolute Gasteiger partial charge is 0.392 e. The summed E-state index contributed by atoms with van der Waals surface area (Å²) in [5.41, 5.74) is 0.339. The molecule has 0 aromatic carbocycles. The van der Waals surface area contributed by atoms with Crippen molar-refractivity contribution >= 4 is 5.82 Å². The normalized spacial score (nSPS) is 18.4. The number of β-amino-alcohol motifs (C(OH)–C–C–N with tert-alkyl or cyclic N) is 1. The van der Waals surface area contributed by atoms with Gasteiger partial charge in [-0.05, 0) is 19.1 Å². The second-order valence-electron chi connectivity index (χ2n) is 4.53. The molecule has 0 saturated carbocycles. The molecule has 1 N–H and O–H groups in total. The number of rotatable bonds is 3. The molecule has 1 aromatic rings. The Morgan fingerprint density at radius 3 is 2.56 bits per heavy atom. The fraction of sp³-hybridized carbons (Fsp3) is 0.583. The van der Waals surface area contributed by atoms with Crippen molar-refractivity contribution in [3.05, 3.63) is 17.8 Å². The van der Waals surface area contributed by atoms with E-state index < -0.39 is 0 Å². The van der Waals surface area contributed by atoms with Gasteiger partial charge in [-0.1, -0.05) is 0 Å². The Hall–Kier alpha value is -1.71. The van der Waals surface area contributed by atoms with Gasteiger partial charge in [0.2, 0.25) is 0 Å². The van der Waals surface area contributed by atoms with Crippen LogP contribution in [0.15, 0.2) is 12.1 Å². The van der Waals surface area contributed by atoms with Gasteiger partial charge in [0, 0.05) is 32.7 Å². The zero-order valence-electron chi connectivity index (χ0n) is 10.5.